The molecule has 0 bridgehead atoms. The molecule has 0 fully saturated rings. The number of rotatable bonds is 4. The van der Waals surface area contributed by atoms with Crippen LogP contribution in [0.5, 0.6) is 0 Å². The number of benzene rings is 1. The highest BCUT2D eigenvalue weighted by atomic mass is 16.1. The molecule has 1 aromatic carbocycles. The van der Waals surface area contributed by atoms with Crippen molar-refractivity contribution < 1.29 is 4.79 Å². The zero-order valence-corrected chi connectivity index (χ0v) is 12.5. The molecule has 1 aromatic heterocycles. The lowest BCUT2D eigenvalue weighted by Crippen LogP contribution is -2.23. The van der Waals surface area contributed by atoms with Crippen molar-refractivity contribution >= 4 is 17.3 Å². The van der Waals surface area contributed by atoms with Crippen molar-refractivity contribution in [3.05, 3.63) is 53.9 Å². The van der Waals surface area contributed by atoms with Gasteiger partial charge in [0.25, 0.3) is 5.91 Å². The molecule has 3 N–H and O–H groups in total. The van der Waals surface area contributed by atoms with Crippen LogP contribution in [0.4, 0.5) is 11.4 Å². The van der Waals surface area contributed by atoms with Crippen LogP contribution in [0, 0.1) is 0 Å². The molecule has 1 amide bonds. The largest absolute Gasteiger partial charge is 0.399 e. The number of nitrogen functional groups attached to an aromatic ring is 1. The van der Waals surface area contributed by atoms with Crippen molar-refractivity contribution in [2.45, 2.75) is 13.0 Å². The number of nitrogens with two attached hydrogens (primary N) is 1. The van der Waals surface area contributed by atoms with Gasteiger partial charge in [0.2, 0.25) is 0 Å². The van der Waals surface area contributed by atoms with E-state index in [0.717, 1.165) is 16.9 Å². The van der Waals surface area contributed by atoms with Gasteiger partial charge < -0.3 is 16.0 Å². The van der Waals surface area contributed by atoms with E-state index in [1.165, 1.54) is 0 Å². The lowest BCUT2D eigenvalue weighted by atomic mass is 10.1. The molecule has 110 valence electrons. The molecule has 0 radical (unpaired) electrons. The lowest BCUT2D eigenvalue weighted by molar-refractivity contribution is 0.0958. The normalized spacial score (nSPS) is 11.8. The van der Waals surface area contributed by atoms with Crippen LogP contribution in [0.2, 0.25) is 0 Å². The lowest BCUT2D eigenvalue weighted by Gasteiger charge is -2.27. The monoisotopic (exact) mass is 284 g/mol. The number of aromatic nitrogens is 1. The molecule has 1 atom stereocenters. The Bertz CT molecular complexity index is 642. The Kier molecular flexibility index (Phi) is 4.42. The molecule has 0 aliphatic rings. The van der Waals surface area contributed by atoms with Crippen molar-refractivity contribution in [2.75, 3.05) is 24.7 Å². The van der Waals surface area contributed by atoms with Gasteiger partial charge in [-0.1, -0.05) is 12.1 Å². The molecule has 1 heterocycles. The molecule has 0 aliphatic carbocycles. The summed E-state index contributed by atoms with van der Waals surface area (Å²) in [5, 5.41) is 2.58. The van der Waals surface area contributed by atoms with Gasteiger partial charge in [-0.2, -0.15) is 0 Å². The summed E-state index contributed by atoms with van der Waals surface area (Å²) in [7, 11) is 3.58. The minimum atomic E-state index is -0.193. The summed E-state index contributed by atoms with van der Waals surface area (Å²) in [4.78, 5) is 17.8. The Morgan fingerprint density at radius 1 is 1.33 bits per heavy atom. The van der Waals surface area contributed by atoms with E-state index >= 15 is 0 Å². The van der Waals surface area contributed by atoms with E-state index in [-0.39, 0.29) is 11.9 Å². The molecule has 2 rings (SSSR count). The number of nitrogens with zero attached hydrogens (tertiary/aromatic N) is 2. The standard InChI is InChI=1S/C16H20N4O/c1-11(12-5-4-6-13(17)9-12)20(3)14-7-8-19-15(10-14)16(21)18-2/h4-11H,17H2,1-3H3,(H,18,21). The van der Waals surface area contributed by atoms with Gasteiger partial charge in [0.15, 0.2) is 0 Å². The van der Waals surface area contributed by atoms with Crippen LogP contribution in [0.3, 0.4) is 0 Å². The Morgan fingerprint density at radius 3 is 2.76 bits per heavy atom. The second-order valence-electron chi connectivity index (χ2n) is 4.94. The summed E-state index contributed by atoms with van der Waals surface area (Å²) in [6.45, 7) is 2.09. The number of hydrogen-bond acceptors (Lipinski definition) is 4. The van der Waals surface area contributed by atoms with Crippen LogP contribution in [-0.4, -0.2) is 25.0 Å². The van der Waals surface area contributed by atoms with E-state index in [4.69, 9.17) is 5.73 Å². The SMILES string of the molecule is CNC(=O)c1cc(N(C)C(C)c2cccc(N)c2)ccn1. The molecular weight excluding hydrogens is 264 g/mol. The highest BCUT2D eigenvalue weighted by molar-refractivity contribution is 5.92. The van der Waals surface area contributed by atoms with Gasteiger partial charge in [0.05, 0.1) is 6.04 Å². The summed E-state index contributed by atoms with van der Waals surface area (Å²) in [6, 6.07) is 11.6. The van der Waals surface area contributed by atoms with Crippen molar-refractivity contribution in [3.63, 3.8) is 0 Å². The highest BCUT2D eigenvalue weighted by Crippen LogP contribution is 2.26. The maximum absolute atomic E-state index is 11.7. The zero-order chi connectivity index (χ0) is 15.4. The number of amides is 1. The minimum Gasteiger partial charge on any atom is -0.399 e. The van der Waals surface area contributed by atoms with E-state index in [9.17, 15) is 4.79 Å². The summed E-state index contributed by atoms with van der Waals surface area (Å²) in [5.74, 6) is -0.193. The maximum atomic E-state index is 11.7. The first kappa shape index (κ1) is 14.8. The maximum Gasteiger partial charge on any atom is 0.269 e. The first-order valence-electron chi connectivity index (χ1n) is 6.79. The predicted octanol–water partition coefficient (Wildman–Crippen LogP) is 2.22. The minimum absolute atomic E-state index is 0.133. The number of hydrogen-bond donors (Lipinski definition) is 2. The first-order valence-corrected chi connectivity index (χ1v) is 6.79. The van der Waals surface area contributed by atoms with Gasteiger partial charge >= 0.3 is 0 Å². The Labute approximate surface area is 124 Å². The molecule has 0 aliphatic heterocycles. The fourth-order valence-corrected chi connectivity index (χ4v) is 2.16. The smallest absolute Gasteiger partial charge is 0.269 e. The Morgan fingerprint density at radius 2 is 2.10 bits per heavy atom. The fraction of sp³-hybridized carbons (Fsp3) is 0.250. The summed E-state index contributed by atoms with van der Waals surface area (Å²) in [6.07, 6.45) is 1.64. The second kappa shape index (κ2) is 6.26. The number of carbonyl (C=O) groups excluding carboxylic acids is 1. The molecule has 2 aromatic rings. The molecule has 1 unspecified atom stereocenters. The van der Waals surface area contributed by atoms with E-state index in [1.54, 1.807) is 19.3 Å². The van der Waals surface area contributed by atoms with E-state index < -0.39 is 0 Å². The van der Waals surface area contributed by atoms with Crippen LogP contribution in [0.25, 0.3) is 0 Å². The average molecular weight is 284 g/mol. The molecule has 0 spiro atoms. The van der Waals surface area contributed by atoms with Crippen molar-refractivity contribution in [1.82, 2.24) is 10.3 Å². The molecule has 0 saturated carbocycles. The van der Waals surface area contributed by atoms with Crippen LogP contribution in [0.15, 0.2) is 42.6 Å². The number of carbonyl (C=O) groups is 1. The third kappa shape index (κ3) is 3.31. The van der Waals surface area contributed by atoms with E-state index in [2.05, 4.69) is 22.1 Å². The number of anilines is 2. The topological polar surface area (TPSA) is 71.2 Å². The number of pyridine rings is 1. The van der Waals surface area contributed by atoms with Crippen LogP contribution < -0.4 is 16.0 Å². The van der Waals surface area contributed by atoms with Crippen LogP contribution in [0.1, 0.15) is 29.0 Å². The zero-order valence-electron chi connectivity index (χ0n) is 12.5. The van der Waals surface area contributed by atoms with Crippen molar-refractivity contribution in [2.24, 2.45) is 0 Å². The van der Waals surface area contributed by atoms with Gasteiger partial charge in [0.1, 0.15) is 5.69 Å². The summed E-state index contributed by atoms with van der Waals surface area (Å²) < 4.78 is 0. The summed E-state index contributed by atoms with van der Waals surface area (Å²) >= 11 is 0. The van der Waals surface area contributed by atoms with Crippen molar-refractivity contribution in [1.29, 1.82) is 0 Å². The van der Waals surface area contributed by atoms with Gasteiger partial charge in [-0.15, -0.1) is 0 Å². The molecule has 5 heteroatoms. The second-order valence-corrected chi connectivity index (χ2v) is 4.94. The van der Waals surface area contributed by atoms with Crippen molar-refractivity contribution in [3.8, 4) is 0 Å². The average Bonchev–Trinajstić information content (AvgIpc) is 2.52. The quantitative estimate of drug-likeness (QED) is 0.845. The van der Waals surface area contributed by atoms with Gasteiger partial charge in [-0.3, -0.25) is 9.78 Å². The number of nitrogens with one attached hydrogen (secondary N) is 1. The predicted molar refractivity (Wildman–Crippen MR) is 85.3 cm³/mol. The van der Waals surface area contributed by atoms with Gasteiger partial charge in [-0.05, 0) is 36.8 Å². The highest BCUT2D eigenvalue weighted by Gasteiger charge is 2.14. The third-order valence-electron chi connectivity index (χ3n) is 3.58. The molecule has 5 nitrogen and oxygen atoms in total. The fourth-order valence-electron chi connectivity index (χ4n) is 2.16. The van der Waals surface area contributed by atoms with Crippen LogP contribution >= 0.6 is 0 Å². The van der Waals surface area contributed by atoms with Crippen LogP contribution in [-0.2, 0) is 0 Å². The molecular formula is C16H20N4O. The molecule has 0 saturated heterocycles. The van der Waals surface area contributed by atoms with E-state index in [0.29, 0.717) is 5.69 Å². The van der Waals surface area contributed by atoms with Gasteiger partial charge in [0, 0.05) is 31.7 Å². The molecule has 21 heavy (non-hydrogen) atoms. The first-order chi connectivity index (χ1) is 10.0. The van der Waals surface area contributed by atoms with Gasteiger partial charge in [-0.25, -0.2) is 0 Å². The Balaban J connectivity index is 2.27. The summed E-state index contributed by atoms with van der Waals surface area (Å²) in [5.41, 5.74) is 9.03. The third-order valence-corrected chi connectivity index (χ3v) is 3.58. The van der Waals surface area contributed by atoms with E-state index in [1.807, 2.05) is 37.4 Å². The Hall–Kier alpha value is -2.56.